The second kappa shape index (κ2) is 6.47. The number of rotatable bonds is 3. The van der Waals surface area contributed by atoms with Gasteiger partial charge in [0.25, 0.3) is 0 Å². The van der Waals surface area contributed by atoms with E-state index in [4.69, 9.17) is 26.1 Å². The van der Waals surface area contributed by atoms with Crippen LogP contribution < -0.4 is 0 Å². The summed E-state index contributed by atoms with van der Waals surface area (Å²) >= 11 is 7.59. The van der Waals surface area contributed by atoms with Crippen LogP contribution in [0.3, 0.4) is 0 Å². The Kier molecular flexibility index (Phi) is 4.81. The zero-order valence-corrected chi connectivity index (χ0v) is 13.8. The summed E-state index contributed by atoms with van der Waals surface area (Å²) in [7, 11) is 0. The maximum Gasteiger partial charge on any atom is 0.208 e. The summed E-state index contributed by atoms with van der Waals surface area (Å²) in [5.41, 5.74) is -0.108. The third kappa shape index (κ3) is 3.93. The average molecular weight is 329 g/mol. The zero-order chi connectivity index (χ0) is 14.8. The van der Waals surface area contributed by atoms with Gasteiger partial charge >= 0.3 is 0 Å². The molecule has 0 amide bonds. The third-order valence-corrected chi connectivity index (χ3v) is 5.72. The van der Waals surface area contributed by atoms with Gasteiger partial charge in [-0.05, 0) is 44.0 Å². The first-order chi connectivity index (χ1) is 10.1. The summed E-state index contributed by atoms with van der Waals surface area (Å²) < 4.78 is 5.93. The molecular formula is C16H21ClO3S. The van der Waals surface area contributed by atoms with E-state index in [0.717, 1.165) is 29.2 Å². The molecule has 1 saturated heterocycles. The first-order valence-corrected chi connectivity index (χ1v) is 8.85. The lowest BCUT2D eigenvalue weighted by molar-refractivity contribution is -0.436. The van der Waals surface area contributed by atoms with Gasteiger partial charge in [0.2, 0.25) is 5.79 Å². The number of halogens is 1. The van der Waals surface area contributed by atoms with Crippen molar-refractivity contribution < 1.29 is 14.5 Å². The molecule has 0 N–H and O–H groups in total. The van der Waals surface area contributed by atoms with E-state index in [1.165, 1.54) is 12.8 Å². The highest BCUT2D eigenvalue weighted by molar-refractivity contribution is 7.99. The Morgan fingerprint density at radius 3 is 2.52 bits per heavy atom. The maximum absolute atomic E-state index is 5.93. The van der Waals surface area contributed by atoms with E-state index in [-0.39, 0.29) is 5.60 Å². The van der Waals surface area contributed by atoms with Crippen LogP contribution in [0.15, 0.2) is 29.2 Å². The van der Waals surface area contributed by atoms with Crippen molar-refractivity contribution in [2.45, 2.75) is 55.3 Å². The van der Waals surface area contributed by atoms with Crippen molar-refractivity contribution in [3.05, 3.63) is 29.3 Å². The molecule has 1 saturated carbocycles. The normalized spacial score (nSPS) is 28.7. The molecule has 3 rings (SSSR count). The molecule has 1 atom stereocenters. The van der Waals surface area contributed by atoms with E-state index in [1.54, 1.807) is 11.8 Å². The minimum Gasteiger partial charge on any atom is -0.347 e. The van der Waals surface area contributed by atoms with Gasteiger partial charge in [0, 0.05) is 16.3 Å². The van der Waals surface area contributed by atoms with Crippen molar-refractivity contribution >= 4 is 23.4 Å². The molecule has 1 aliphatic carbocycles. The molecule has 1 aromatic rings. The third-order valence-electron chi connectivity index (χ3n) is 4.19. The van der Waals surface area contributed by atoms with Crippen molar-refractivity contribution in [1.29, 1.82) is 0 Å². The second-order valence-electron chi connectivity index (χ2n) is 6.03. The Morgan fingerprint density at radius 1 is 1.10 bits per heavy atom. The van der Waals surface area contributed by atoms with E-state index in [1.807, 2.05) is 31.2 Å². The van der Waals surface area contributed by atoms with Gasteiger partial charge in [-0.3, -0.25) is 0 Å². The van der Waals surface area contributed by atoms with Crippen LogP contribution in [0.1, 0.15) is 39.0 Å². The smallest absolute Gasteiger partial charge is 0.208 e. The predicted molar refractivity (Wildman–Crippen MR) is 84.5 cm³/mol. The van der Waals surface area contributed by atoms with Gasteiger partial charge in [-0.2, -0.15) is 4.89 Å². The molecule has 1 aromatic carbocycles. The molecule has 0 bridgehead atoms. The van der Waals surface area contributed by atoms with Crippen molar-refractivity contribution in [2.24, 2.45) is 0 Å². The summed E-state index contributed by atoms with van der Waals surface area (Å²) in [4.78, 5) is 12.7. The molecule has 1 unspecified atom stereocenters. The molecule has 0 radical (unpaired) electrons. The van der Waals surface area contributed by atoms with Crippen LogP contribution in [-0.2, 0) is 14.5 Å². The number of ether oxygens (including phenoxy) is 1. The summed E-state index contributed by atoms with van der Waals surface area (Å²) in [5, 5.41) is 0.749. The van der Waals surface area contributed by atoms with E-state index in [2.05, 4.69) is 0 Å². The fraction of sp³-hybridized carbons (Fsp3) is 0.625. The largest absolute Gasteiger partial charge is 0.347 e. The van der Waals surface area contributed by atoms with Gasteiger partial charge in [0.1, 0.15) is 5.60 Å². The summed E-state index contributed by atoms with van der Waals surface area (Å²) in [6.45, 7) is 2.64. The van der Waals surface area contributed by atoms with Crippen LogP contribution in [0.25, 0.3) is 0 Å². The van der Waals surface area contributed by atoms with Crippen LogP contribution >= 0.6 is 23.4 Å². The Bertz CT molecular complexity index is 473. The molecule has 1 aliphatic heterocycles. The van der Waals surface area contributed by atoms with Crippen molar-refractivity contribution in [2.75, 3.05) is 12.4 Å². The maximum atomic E-state index is 5.93. The van der Waals surface area contributed by atoms with Crippen LogP contribution in [0, 0.1) is 0 Å². The molecule has 5 heteroatoms. The first-order valence-electron chi connectivity index (χ1n) is 7.49. The number of hydrogen-bond donors (Lipinski definition) is 0. The Labute approximate surface area is 135 Å². The lowest BCUT2D eigenvalue weighted by Crippen LogP contribution is -2.35. The number of thioether (sulfide) groups is 1. The van der Waals surface area contributed by atoms with Gasteiger partial charge in [-0.1, -0.05) is 24.4 Å². The lowest BCUT2D eigenvalue weighted by Gasteiger charge is -2.28. The quantitative estimate of drug-likeness (QED) is 0.586. The predicted octanol–water partition coefficient (Wildman–Crippen LogP) is 4.83. The Morgan fingerprint density at radius 2 is 1.81 bits per heavy atom. The summed E-state index contributed by atoms with van der Waals surface area (Å²) in [6, 6.07) is 7.80. The topological polar surface area (TPSA) is 27.7 Å². The molecule has 21 heavy (non-hydrogen) atoms. The minimum absolute atomic E-state index is 0.108. The molecule has 1 heterocycles. The molecule has 2 fully saturated rings. The Hall–Kier alpha value is -0.260. The van der Waals surface area contributed by atoms with Crippen LogP contribution in [0.5, 0.6) is 0 Å². The van der Waals surface area contributed by atoms with Crippen LogP contribution in [0.4, 0.5) is 0 Å². The van der Waals surface area contributed by atoms with E-state index in [0.29, 0.717) is 12.4 Å². The fourth-order valence-corrected chi connectivity index (χ4v) is 3.87. The summed E-state index contributed by atoms with van der Waals surface area (Å²) in [5.74, 6) is -0.0128. The molecule has 2 aliphatic rings. The lowest BCUT2D eigenvalue weighted by atomic mass is 9.99. The van der Waals surface area contributed by atoms with E-state index < -0.39 is 5.79 Å². The minimum atomic E-state index is -0.698. The zero-order valence-electron chi connectivity index (χ0n) is 12.3. The van der Waals surface area contributed by atoms with Crippen LogP contribution in [0.2, 0.25) is 5.02 Å². The Balaban J connectivity index is 1.57. The fourth-order valence-electron chi connectivity index (χ4n) is 2.86. The molecule has 1 spiro atoms. The van der Waals surface area contributed by atoms with Gasteiger partial charge < -0.3 is 4.74 Å². The van der Waals surface area contributed by atoms with Crippen molar-refractivity contribution in [3.8, 4) is 0 Å². The number of hydrogen-bond acceptors (Lipinski definition) is 4. The monoisotopic (exact) mass is 328 g/mol. The van der Waals surface area contributed by atoms with Crippen molar-refractivity contribution in [3.63, 3.8) is 0 Å². The van der Waals surface area contributed by atoms with Gasteiger partial charge in [-0.15, -0.1) is 11.8 Å². The van der Waals surface area contributed by atoms with Gasteiger partial charge in [0.05, 0.1) is 12.4 Å². The summed E-state index contributed by atoms with van der Waals surface area (Å²) in [6.07, 6.45) is 5.53. The molecule has 0 aromatic heterocycles. The molecule has 3 nitrogen and oxygen atoms in total. The van der Waals surface area contributed by atoms with E-state index in [9.17, 15) is 0 Å². The van der Waals surface area contributed by atoms with Crippen molar-refractivity contribution in [1.82, 2.24) is 0 Å². The highest BCUT2D eigenvalue weighted by atomic mass is 35.5. The van der Waals surface area contributed by atoms with Gasteiger partial charge in [-0.25, -0.2) is 4.89 Å². The number of benzene rings is 1. The first kappa shape index (κ1) is 15.6. The van der Waals surface area contributed by atoms with E-state index >= 15 is 0 Å². The average Bonchev–Trinajstić information content (AvgIpc) is 2.87. The molecule has 116 valence electrons. The highest BCUT2D eigenvalue weighted by Gasteiger charge is 2.42. The highest BCUT2D eigenvalue weighted by Crippen LogP contribution is 2.40. The van der Waals surface area contributed by atoms with Gasteiger partial charge in [0.15, 0.2) is 0 Å². The second-order valence-corrected chi connectivity index (χ2v) is 7.52. The standard InChI is InChI=1S/C16H21ClO3S/c1-15(12-21-14-6-4-13(17)5-7-14)18-11-10-16(20-19-15)8-2-3-9-16/h4-7H,2-3,8-12H2,1H3. The molecular weight excluding hydrogens is 308 g/mol. The van der Waals surface area contributed by atoms with Crippen LogP contribution in [-0.4, -0.2) is 23.7 Å². The SMILES string of the molecule is CC1(CSc2ccc(Cl)cc2)OCCC2(CCCC2)OO1.